The van der Waals surface area contributed by atoms with Gasteiger partial charge in [-0.1, -0.05) is 32.0 Å². The Morgan fingerprint density at radius 3 is 2.81 bits per heavy atom. The summed E-state index contributed by atoms with van der Waals surface area (Å²) in [6.45, 7) is 4.46. The van der Waals surface area contributed by atoms with Gasteiger partial charge in [-0.3, -0.25) is 0 Å². The zero-order valence-electron chi connectivity index (χ0n) is 9.60. The van der Waals surface area contributed by atoms with Gasteiger partial charge in [-0.15, -0.1) is 11.3 Å². The molecule has 16 heavy (non-hydrogen) atoms. The van der Waals surface area contributed by atoms with Gasteiger partial charge in [0.1, 0.15) is 0 Å². The summed E-state index contributed by atoms with van der Waals surface area (Å²) in [6, 6.07) is 8.34. The van der Waals surface area contributed by atoms with Crippen LogP contribution in [-0.4, -0.2) is 5.11 Å². The first-order valence-electron chi connectivity index (χ1n) is 5.74. The summed E-state index contributed by atoms with van der Waals surface area (Å²) in [4.78, 5) is 0. The molecular weight excluding hydrogens is 216 g/mol. The van der Waals surface area contributed by atoms with Crippen LogP contribution in [0.4, 0.5) is 0 Å². The van der Waals surface area contributed by atoms with Crippen LogP contribution in [0.1, 0.15) is 31.9 Å². The quantitative estimate of drug-likeness (QED) is 0.830. The second-order valence-corrected chi connectivity index (χ2v) is 6.35. The number of rotatable bonds is 2. The summed E-state index contributed by atoms with van der Waals surface area (Å²) in [5.74, 6) is 0.431. The van der Waals surface area contributed by atoms with Gasteiger partial charge >= 0.3 is 0 Å². The largest absolute Gasteiger partial charge is 0.388 e. The van der Waals surface area contributed by atoms with E-state index in [1.54, 1.807) is 11.3 Å². The lowest BCUT2D eigenvalue weighted by Gasteiger charge is -2.13. The third-order valence-electron chi connectivity index (χ3n) is 3.80. The first kappa shape index (κ1) is 10.3. The Morgan fingerprint density at radius 2 is 2.12 bits per heavy atom. The van der Waals surface area contributed by atoms with E-state index in [1.807, 2.05) is 6.07 Å². The van der Waals surface area contributed by atoms with Crippen molar-refractivity contribution in [3.8, 4) is 0 Å². The van der Waals surface area contributed by atoms with E-state index in [0.717, 1.165) is 12.0 Å². The zero-order valence-corrected chi connectivity index (χ0v) is 10.4. The molecule has 1 aromatic heterocycles. The van der Waals surface area contributed by atoms with Crippen molar-refractivity contribution in [2.75, 3.05) is 0 Å². The summed E-state index contributed by atoms with van der Waals surface area (Å²) in [5, 5.41) is 13.8. The molecule has 0 bridgehead atoms. The molecule has 2 unspecified atom stereocenters. The third kappa shape index (κ3) is 1.48. The number of benzene rings is 1. The molecule has 1 N–H and O–H groups in total. The van der Waals surface area contributed by atoms with Gasteiger partial charge in [-0.25, -0.2) is 0 Å². The average molecular weight is 232 g/mol. The molecule has 2 atom stereocenters. The van der Waals surface area contributed by atoms with Crippen molar-refractivity contribution in [3.63, 3.8) is 0 Å². The normalized spacial score (nSPS) is 24.6. The van der Waals surface area contributed by atoms with E-state index in [0.29, 0.717) is 11.3 Å². The van der Waals surface area contributed by atoms with Gasteiger partial charge in [0.2, 0.25) is 0 Å². The molecule has 0 radical (unpaired) electrons. The predicted molar refractivity (Wildman–Crippen MR) is 68.7 cm³/mol. The van der Waals surface area contributed by atoms with Gasteiger partial charge < -0.3 is 5.11 Å². The van der Waals surface area contributed by atoms with Crippen LogP contribution in [0.2, 0.25) is 0 Å². The maximum Gasteiger partial charge on any atom is 0.0837 e. The lowest BCUT2D eigenvalue weighted by molar-refractivity contribution is 0.140. The molecule has 0 spiro atoms. The maximum atomic E-state index is 10.4. The predicted octanol–water partition coefficient (Wildman–Crippen LogP) is 3.98. The van der Waals surface area contributed by atoms with Crippen molar-refractivity contribution in [2.45, 2.75) is 26.4 Å². The summed E-state index contributed by atoms with van der Waals surface area (Å²) in [5.41, 5.74) is 1.43. The van der Waals surface area contributed by atoms with Crippen molar-refractivity contribution in [1.29, 1.82) is 0 Å². The highest BCUT2D eigenvalue weighted by Crippen LogP contribution is 2.58. The summed E-state index contributed by atoms with van der Waals surface area (Å²) in [7, 11) is 0. The van der Waals surface area contributed by atoms with Crippen LogP contribution >= 0.6 is 11.3 Å². The monoisotopic (exact) mass is 232 g/mol. The molecule has 1 fully saturated rings. The lowest BCUT2D eigenvalue weighted by Crippen LogP contribution is -2.04. The Hall–Kier alpha value is -0.860. The van der Waals surface area contributed by atoms with Gasteiger partial charge in [0, 0.05) is 4.70 Å². The molecular formula is C14H16OS. The van der Waals surface area contributed by atoms with E-state index in [2.05, 4.69) is 37.4 Å². The minimum atomic E-state index is -0.294. The van der Waals surface area contributed by atoms with E-state index in [4.69, 9.17) is 0 Å². The molecule has 1 saturated carbocycles. The van der Waals surface area contributed by atoms with Gasteiger partial charge in [0.05, 0.1) is 6.10 Å². The molecule has 0 amide bonds. The zero-order chi connectivity index (χ0) is 11.3. The molecule has 1 heterocycles. The Kier molecular flexibility index (Phi) is 2.13. The van der Waals surface area contributed by atoms with Crippen molar-refractivity contribution in [1.82, 2.24) is 0 Å². The van der Waals surface area contributed by atoms with Crippen LogP contribution in [0.3, 0.4) is 0 Å². The first-order valence-corrected chi connectivity index (χ1v) is 6.62. The molecule has 1 nitrogen and oxygen atoms in total. The van der Waals surface area contributed by atoms with E-state index >= 15 is 0 Å². The number of aliphatic hydroxyl groups excluding tert-OH is 1. The highest BCUT2D eigenvalue weighted by Gasteiger charge is 2.50. The van der Waals surface area contributed by atoms with Crippen molar-refractivity contribution >= 4 is 21.4 Å². The number of hydrogen-bond acceptors (Lipinski definition) is 2. The minimum Gasteiger partial charge on any atom is -0.388 e. The Labute approximate surface area is 99.7 Å². The average Bonchev–Trinajstić information content (AvgIpc) is 2.71. The van der Waals surface area contributed by atoms with Crippen LogP contribution in [-0.2, 0) is 0 Å². The van der Waals surface area contributed by atoms with Gasteiger partial charge in [0.15, 0.2) is 0 Å². The smallest absolute Gasteiger partial charge is 0.0837 e. The van der Waals surface area contributed by atoms with Gasteiger partial charge in [0.25, 0.3) is 0 Å². The van der Waals surface area contributed by atoms with Crippen LogP contribution in [0, 0.1) is 11.3 Å². The Bertz CT molecular complexity index is 526. The highest BCUT2D eigenvalue weighted by molar-refractivity contribution is 7.17. The number of aliphatic hydroxyl groups is 1. The van der Waals surface area contributed by atoms with Crippen molar-refractivity contribution in [3.05, 3.63) is 35.2 Å². The standard InChI is InChI=1S/C14H16OS/c1-14(2)8-11(14)12(15)10-5-3-4-9-6-7-16-13(9)10/h3-7,11-12,15H,8H2,1-2H3. The van der Waals surface area contributed by atoms with Crippen LogP contribution in [0.5, 0.6) is 0 Å². The molecule has 0 aliphatic heterocycles. The summed E-state index contributed by atoms with van der Waals surface area (Å²) >= 11 is 1.73. The number of fused-ring (bicyclic) bond motifs is 1. The summed E-state index contributed by atoms with van der Waals surface area (Å²) in [6.07, 6.45) is 0.841. The Morgan fingerprint density at radius 1 is 1.38 bits per heavy atom. The second-order valence-electron chi connectivity index (χ2n) is 5.43. The van der Waals surface area contributed by atoms with Crippen LogP contribution < -0.4 is 0 Å². The number of thiophene rings is 1. The summed E-state index contributed by atoms with van der Waals surface area (Å²) < 4.78 is 1.25. The van der Waals surface area contributed by atoms with Gasteiger partial charge in [-0.05, 0) is 40.1 Å². The molecule has 1 aliphatic carbocycles. The molecule has 3 rings (SSSR count). The molecule has 2 heteroatoms. The van der Waals surface area contributed by atoms with E-state index in [9.17, 15) is 5.11 Å². The third-order valence-corrected chi connectivity index (χ3v) is 4.78. The maximum absolute atomic E-state index is 10.4. The topological polar surface area (TPSA) is 20.2 Å². The van der Waals surface area contributed by atoms with Crippen molar-refractivity contribution in [2.24, 2.45) is 11.3 Å². The fourth-order valence-electron chi connectivity index (χ4n) is 2.51. The highest BCUT2D eigenvalue weighted by atomic mass is 32.1. The van der Waals surface area contributed by atoms with E-state index < -0.39 is 0 Å². The van der Waals surface area contributed by atoms with Crippen molar-refractivity contribution < 1.29 is 5.11 Å². The van der Waals surface area contributed by atoms with Gasteiger partial charge in [-0.2, -0.15) is 0 Å². The first-order chi connectivity index (χ1) is 7.59. The molecule has 0 saturated heterocycles. The fourth-order valence-corrected chi connectivity index (χ4v) is 3.46. The minimum absolute atomic E-state index is 0.294. The second kappa shape index (κ2) is 3.31. The molecule has 2 aromatic rings. The molecule has 84 valence electrons. The van der Waals surface area contributed by atoms with E-state index in [1.165, 1.54) is 10.1 Å². The fraction of sp³-hybridized carbons (Fsp3) is 0.429. The van der Waals surface area contributed by atoms with Crippen LogP contribution in [0.15, 0.2) is 29.6 Å². The molecule has 1 aromatic carbocycles. The number of hydrogen-bond donors (Lipinski definition) is 1. The lowest BCUT2D eigenvalue weighted by atomic mass is 9.99. The SMILES string of the molecule is CC1(C)CC1C(O)c1cccc2ccsc12. The molecule has 1 aliphatic rings. The van der Waals surface area contributed by atoms with E-state index in [-0.39, 0.29) is 6.10 Å². The van der Waals surface area contributed by atoms with Crippen LogP contribution in [0.25, 0.3) is 10.1 Å². The Balaban J connectivity index is 2.03.